The minimum absolute atomic E-state index is 0.136. The topological polar surface area (TPSA) is 49.8 Å². The van der Waals surface area contributed by atoms with E-state index in [1.807, 2.05) is 25.1 Å². The van der Waals surface area contributed by atoms with Gasteiger partial charge < -0.3 is 19.5 Å². The molecule has 14 heavy (non-hydrogen) atoms. The first-order chi connectivity index (χ1) is 6.72. The third kappa shape index (κ3) is 1.33. The maximum atomic E-state index is 10.4. The van der Waals surface area contributed by atoms with Gasteiger partial charge in [0, 0.05) is 0 Å². The number of rotatable bonds is 2. The van der Waals surface area contributed by atoms with Gasteiger partial charge >= 0.3 is 0 Å². The van der Waals surface area contributed by atoms with E-state index in [1.54, 1.807) is 0 Å². The number of aliphatic hydroxyl groups is 1. The van der Waals surface area contributed by atoms with Crippen LogP contribution in [0.25, 0.3) is 0 Å². The van der Waals surface area contributed by atoms with Crippen LogP contribution in [-0.4, -0.2) is 24.4 Å². The summed E-state index contributed by atoms with van der Waals surface area (Å²) in [5.41, 5.74) is 1.82. The predicted molar refractivity (Wildman–Crippen MR) is 51.2 cm³/mol. The van der Waals surface area contributed by atoms with Crippen molar-refractivity contribution in [1.82, 2.24) is 0 Å². The third-order valence-corrected chi connectivity index (χ3v) is 2.19. The number of benzene rings is 1. The maximum absolute atomic E-state index is 10.4. The second-order valence-electron chi connectivity index (χ2n) is 3.23. The number of aldehydes is 1. The van der Waals surface area contributed by atoms with Crippen molar-refractivity contribution in [3.8, 4) is 5.75 Å². The minimum Gasteiger partial charge on any atom is -0.445 e. The summed E-state index contributed by atoms with van der Waals surface area (Å²) in [5, 5.41) is 9.48. The van der Waals surface area contributed by atoms with E-state index in [0.29, 0.717) is 5.75 Å². The fourth-order valence-electron chi connectivity index (χ4n) is 1.52. The van der Waals surface area contributed by atoms with Crippen molar-refractivity contribution in [3.05, 3.63) is 23.8 Å². The van der Waals surface area contributed by atoms with Gasteiger partial charge in [0.1, 0.15) is 12.0 Å². The summed E-state index contributed by atoms with van der Waals surface area (Å²) in [6.07, 6.45) is -0.307. The lowest BCUT2D eigenvalue weighted by Crippen LogP contribution is -2.35. The van der Waals surface area contributed by atoms with Crippen molar-refractivity contribution < 1.29 is 14.6 Å². The van der Waals surface area contributed by atoms with Gasteiger partial charge in [0.2, 0.25) is 0 Å². The molecule has 2 rings (SSSR count). The Morgan fingerprint density at radius 3 is 3.14 bits per heavy atom. The molecule has 1 aliphatic rings. The molecule has 1 aromatic carbocycles. The molecular weight excluding hydrogens is 182 g/mol. The van der Waals surface area contributed by atoms with E-state index in [-0.39, 0.29) is 6.54 Å². The first-order valence-corrected chi connectivity index (χ1v) is 4.38. The SMILES string of the molecule is Cc1ccc2c(c1)OC(O)N2CC=O. The Hall–Kier alpha value is -1.55. The third-order valence-electron chi connectivity index (χ3n) is 2.19. The molecule has 0 aliphatic carbocycles. The Labute approximate surface area is 81.7 Å². The van der Waals surface area contributed by atoms with Crippen LogP contribution in [0.5, 0.6) is 5.75 Å². The molecule has 1 N–H and O–H groups in total. The van der Waals surface area contributed by atoms with Crippen LogP contribution in [0.3, 0.4) is 0 Å². The van der Waals surface area contributed by atoms with Crippen LogP contribution in [0.15, 0.2) is 18.2 Å². The van der Waals surface area contributed by atoms with Gasteiger partial charge in [-0.2, -0.15) is 0 Å². The number of fused-ring (bicyclic) bond motifs is 1. The van der Waals surface area contributed by atoms with E-state index in [4.69, 9.17) is 4.74 Å². The molecule has 0 bridgehead atoms. The Morgan fingerprint density at radius 1 is 1.64 bits per heavy atom. The molecule has 1 aliphatic heterocycles. The smallest absolute Gasteiger partial charge is 0.282 e. The summed E-state index contributed by atoms with van der Waals surface area (Å²) < 4.78 is 5.18. The minimum atomic E-state index is -1.04. The average Bonchev–Trinajstić information content (AvgIpc) is 2.43. The highest BCUT2D eigenvalue weighted by molar-refractivity contribution is 5.68. The molecule has 0 fully saturated rings. The second-order valence-corrected chi connectivity index (χ2v) is 3.23. The number of anilines is 1. The number of aryl methyl sites for hydroxylation is 1. The number of nitrogens with zero attached hydrogens (tertiary/aromatic N) is 1. The van der Waals surface area contributed by atoms with Gasteiger partial charge in [-0.25, -0.2) is 0 Å². The van der Waals surface area contributed by atoms with Crippen LogP contribution in [-0.2, 0) is 4.79 Å². The lowest BCUT2D eigenvalue weighted by molar-refractivity contribution is -0.107. The first-order valence-electron chi connectivity index (χ1n) is 4.38. The zero-order valence-corrected chi connectivity index (χ0v) is 7.80. The summed E-state index contributed by atoms with van der Waals surface area (Å²) >= 11 is 0. The maximum Gasteiger partial charge on any atom is 0.282 e. The largest absolute Gasteiger partial charge is 0.445 e. The van der Waals surface area contributed by atoms with E-state index in [2.05, 4.69) is 0 Å². The van der Waals surface area contributed by atoms with Gasteiger partial charge in [0.15, 0.2) is 0 Å². The van der Waals surface area contributed by atoms with Crippen LogP contribution in [0.2, 0.25) is 0 Å². The van der Waals surface area contributed by atoms with Crippen LogP contribution >= 0.6 is 0 Å². The Kier molecular flexibility index (Phi) is 2.13. The van der Waals surface area contributed by atoms with Crippen molar-refractivity contribution in [2.24, 2.45) is 0 Å². The normalized spacial score (nSPS) is 19.0. The second kappa shape index (κ2) is 3.31. The van der Waals surface area contributed by atoms with Crippen LogP contribution in [0, 0.1) is 6.92 Å². The molecule has 4 nitrogen and oxygen atoms in total. The van der Waals surface area contributed by atoms with E-state index >= 15 is 0 Å². The van der Waals surface area contributed by atoms with E-state index in [1.165, 1.54) is 4.90 Å². The molecule has 0 spiro atoms. The standard InChI is InChI=1S/C10H11NO3/c1-7-2-3-8-9(6-7)14-10(13)11(8)4-5-12/h2-3,5-6,10,13H,4H2,1H3. The molecule has 0 saturated carbocycles. The highest BCUT2D eigenvalue weighted by atomic mass is 16.6. The quantitative estimate of drug-likeness (QED) is 0.701. The summed E-state index contributed by atoms with van der Waals surface area (Å²) in [4.78, 5) is 11.9. The zero-order valence-electron chi connectivity index (χ0n) is 7.80. The number of hydrogen-bond acceptors (Lipinski definition) is 4. The van der Waals surface area contributed by atoms with Gasteiger partial charge in [-0.15, -0.1) is 0 Å². The Morgan fingerprint density at radius 2 is 2.43 bits per heavy atom. The highest BCUT2D eigenvalue weighted by Crippen LogP contribution is 2.36. The molecule has 0 aromatic heterocycles. The number of aliphatic hydroxyl groups excluding tert-OH is 1. The number of hydrogen-bond donors (Lipinski definition) is 1. The van der Waals surface area contributed by atoms with Crippen LogP contribution in [0.1, 0.15) is 5.56 Å². The molecule has 0 radical (unpaired) electrons. The number of carbonyl (C=O) groups is 1. The van der Waals surface area contributed by atoms with Crippen LogP contribution < -0.4 is 9.64 Å². The lowest BCUT2D eigenvalue weighted by Gasteiger charge is -2.17. The molecule has 74 valence electrons. The number of ether oxygens (including phenoxy) is 1. The Bertz CT molecular complexity index is 364. The monoisotopic (exact) mass is 193 g/mol. The summed E-state index contributed by atoms with van der Waals surface area (Å²) in [6, 6.07) is 5.59. The van der Waals surface area contributed by atoms with Gasteiger partial charge in [-0.05, 0) is 24.6 Å². The van der Waals surface area contributed by atoms with Crippen molar-refractivity contribution in [2.45, 2.75) is 13.3 Å². The van der Waals surface area contributed by atoms with E-state index < -0.39 is 6.41 Å². The summed E-state index contributed by atoms with van der Waals surface area (Å²) in [6.45, 7) is 2.08. The lowest BCUT2D eigenvalue weighted by atomic mass is 10.2. The van der Waals surface area contributed by atoms with E-state index in [9.17, 15) is 9.90 Å². The first kappa shape index (κ1) is 9.02. The summed E-state index contributed by atoms with van der Waals surface area (Å²) in [5.74, 6) is 0.624. The zero-order chi connectivity index (χ0) is 10.1. The van der Waals surface area contributed by atoms with Gasteiger partial charge in [-0.3, -0.25) is 0 Å². The van der Waals surface area contributed by atoms with E-state index in [0.717, 1.165) is 17.5 Å². The van der Waals surface area contributed by atoms with Gasteiger partial charge in [0.25, 0.3) is 6.41 Å². The Balaban J connectivity index is 2.37. The molecule has 0 amide bonds. The molecule has 1 atom stereocenters. The fourth-order valence-corrected chi connectivity index (χ4v) is 1.52. The molecule has 0 saturated heterocycles. The van der Waals surface area contributed by atoms with Crippen molar-refractivity contribution in [2.75, 3.05) is 11.4 Å². The molecule has 1 aromatic rings. The van der Waals surface area contributed by atoms with Crippen molar-refractivity contribution >= 4 is 12.0 Å². The summed E-state index contributed by atoms with van der Waals surface area (Å²) in [7, 11) is 0. The molecule has 1 unspecified atom stereocenters. The molecule has 1 heterocycles. The van der Waals surface area contributed by atoms with Crippen molar-refractivity contribution in [1.29, 1.82) is 0 Å². The average molecular weight is 193 g/mol. The van der Waals surface area contributed by atoms with Gasteiger partial charge in [0.05, 0.1) is 12.2 Å². The predicted octanol–water partition coefficient (Wildman–Crippen LogP) is 0.669. The van der Waals surface area contributed by atoms with Crippen molar-refractivity contribution in [3.63, 3.8) is 0 Å². The highest BCUT2D eigenvalue weighted by Gasteiger charge is 2.28. The molecular formula is C10H11NO3. The molecule has 4 heteroatoms. The fraction of sp³-hybridized carbons (Fsp3) is 0.300. The number of carbonyl (C=O) groups excluding carboxylic acids is 1. The van der Waals surface area contributed by atoms with Crippen LogP contribution in [0.4, 0.5) is 5.69 Å². The van der Waals surface area contributed by atoms with Gasteiger partial charge in [-0.1, -0.05) is 6.07 Å².